The van der Waals surface area contributed by atoms with Gasteiger partial charge in [-0.05, 0) is 105 Å². The van der Waals surface area contributed by atoms with Crippen LogP contribution in [0.5, 0.6) is 23.0 Å². The second kappa shape index (κ2) is 13.6. The van der Waals surface area contributed by atoms with Crippen LogP contribution in [-0.2, 0) is 21.7 Å². The Labute approximate surface area is 366 Å². The number of rotatable bonds is 2. The predicted molar refractivity (Wildman–Crippen MR) is 257 cm³/mol. The van der Waals surface area contributed by atoms with Crippen LogP contribution in [0.3, 0.4) is 0 Å². The minimum atomic E-state index is -0.0283. The van der Waals surface area contributed by atoms with E-state index in [-0.39, 0.29) is 21.7 Å². The lowest BCUT2D eigenvalue weighted by atomic mass is 9.85. The lowest BCUT2D eigenvalue weighted by molar-refractivity contribution is 0.468. The largest absolute Gasteiger partial charge is 0.453 e. The maximum atomic E-state index is 6.79. The Kier molecular flexibility index (Phi) is 8.74. The number of ether oxygens (including phenoxy) is 2. The Bertz CT molecular complexity index is 2590. The van der Waals surface area contributed by atoms with Gasteiger partial charge in [0.05, 0.1) is 58.2 Å². The van der Waals surface area contributed by atoms with Gasteiger partial charge in [-0.2, -0.15) is 0 Å². The first-order chi connectivity index (χ1) is 29.2. The highest BCUT2D eigenvalue weighted by Crippen LogP contribution is 2.55. The van der Waals surface area contributed by atoms with Gasteiger partial charge in [0.2, 0.25) is 0 Å². The van der Waals surface area contributed by atoms with Crippen molar-refractivity contribution in [3.63, 3.8) is 0 Å². The van der Waals surface area contributed by atoms with E-state index in [4.69, 9.17) is 19.4 Å². The van der Waals surface area contributed by atoms with Crippen molar-refractivity contribution < 1.29 is 9.47 Å². The van der Waals surface area contributed by atoms with Crippen LogP contribution in [0.25, 0.3) is 23.2 Å². The standard InChI is InChI=1S/C54H58N6O2/c1-51(2,3)31-13-17-39-43(23-31)61-44-24-32(52(4,5)6)14-18-40(44)59(39)35-27-37-47-48(56-22-21-55-47)38-28-36(30-58-50(38)49(37)57-29-35)60-41-19-15-33(53(7,8)9)25-45(41)62-46-26-34(54(10,11)12)16-20-42(46)60/h13-28,57-58H,29-30H2,1-12H3. The van der Waals surface area contributed by atoms with Crippen LogP contribution in [0.4, 0.5) is 34.1 Å². The van der Waals surface area contributed by atoms with Gasteiger partial charge in [0.1, 0.15) is 0 Å². The highest BCUT2D eigenvalue weighted by molar-refractivity contribution is 6.07. The highest BCUT2D eigenvalue weighted by Gasteiger charge is 2.36. The van der Waals surface area contributed by atoms with E-state index >= 15 is 0 Å². The normalized spacial score (nSPS) is 15.6. The van der Waals surface area contributed by atoms with Crippen LogP contribution in [0, 0.1) is 0 Å². The molecule has 10 rings (SSSR count). The molecule has 0 atom stereocenters. The third-order valence-corrected chi connectivity index (χ3v) is 12.8. The molecule has 0 radical (unpaired) electrons. The third kappa shape index (κ3) is 6.57. The molecule has 0 fully saturated rings. The molecule has 1 aromatic heterocycles. The summed E-state index contributed by atoms with van der Waals surface area (Å²) in [5.74, 6) is 3.42. The molecule has 5 heterocycles. The molecule has 4 aliphatic rings. The first-order valence-corrected chi connectivity index (χ1v) is 22.0. The summed E-state index contributed by atoms with van der Waals surface area (Å²) in [5.41, 5.74) is 16.8. The lowest BCUT2D eigenvalue weighted by Gasteiger charge is -2.39. The van der Waals surface area contributed by atoms with E-state index in [0.29, 0.717) is 13.1 Å². The summed E-state index contributed by atoms with van der Waals surface area (Å²) in [6.45, 7) is 28.1. The molecule has 0 spiro atoms. The molecule has 0 saturated heterocycles. The van der Waals surface area contributed by atoms with Gasteiger partial charge >= 0.3 is 0 Å². The minimum Gasteiger partial charge on any atom is -0.453 e. The predicted octanol–water partition coefficient (Wildman–Crippen LogP) is 14.2. The monoisotopic (exact) mass is 822 g/mol. The van der Waals surface area contributed by atoms with E-state index < -0.39 is 0 Å². The van der Waals surface area contributed by atoms with Gasteiger partial charge < -0.3 is 29.9 Å². The Morgan fingerprint density at radius 1 is 0.435 bits per heavy atom. The molecular weight excluding hydrogens is 765 g/mol. The number of nitrogens with zero attached hydrogens (tertiary/aromatic N) is 4. The zero-order chi connectivity index (χ0) is 43.7. The topological polar surface area (TPSA) is 74.8 Å². The van der Waals surface area contributed by atoms with Gasteiger partial charge in [-0.25, -0.2) is 0 Å². The molecule has 5 aromatic carbocycles. The van der Waals surface area contributed by atoms with Crippen molar-refractivity contribution in [3.8, 4) is 23.0 Å². The van der Waals surface area contributed by atoms with Crippen LogP contribution in [-0.4, -0.2) is 23.1 Å². The first-order valence-electron chi connectivity index (χ1n) is 22.0. The highest BCUT2D eigenvalue weighted by atomic mass is 16.5. The molecule has 316 valence electrons. The summed E-state index contributed by atoms with van der Waals surface area (Å²) in [5, 5.41) is 7.77. The molecule has 8 heteroatoms. The van der Waals surface area contributed by atoms with Crippen LogP contribution in [0.2, 0.25) is 0 Å². The SMILES string of the molecule is CC(C)(C)c1ccc2c(c1)Oc1cc(C(C)(C)C)ccc1N2C1=Cc2c(c3c(c4nccnc24)C=C(N2c4ccc(C(C)(C)C)cc4Oc4cc(C(C)(C)C)ccc42)CN3)NC1. The fraction of sp³-hybridized carbons (Fsp3) is 0.333. The quantitative estimate of drug-likeness (QED) is 0.179. The molecule has 0 bridgehead atoms. The molecule has 0 amide bonds. The van der Waals surface area contributed by atoms with Crippen LogP contribution >= 0.6 is 0 Å². The van der Waals surface area contributed by atoms with Gasteiger partial charge in [0.15, 0.2) is 23.0 Å². The van der Waals surface area contributed by atoms with Crippen molar-refractivity contribution in [1.29, 1.82) is 0 Å². The average Bonchev–Trinajstić information content (AvgIpc) is 3.22. The smallest absolute Gasteiger partial charge is 0.151 e. The van der Waals surface area contributed by atoms with Crippen molar-refractivity contribution in [2.45, 2.75) is 105 Å². The Hall–Kier alpha value is -6.28. The van der Waals surface area contributed by atoms with E-state index in [1.807, 2.05) is 0 Å². The first kappa shape index (κ1) is 39.8. The molecule has 0 unspecified atom stereocenters. The van der Waals surface area contributed by atoms with Crippen molar-refractivity contribution in [1.82, 2.24) is 9.97 Å². The molecule has 62 heavy (non-hydrogen) atoms. The van der Waals surface area contributed by atoms with Crippen LogP contribution < -0.4 is 29.9 Å². The molecular formula is C54H58N6O2. The number of fused-ring (bicyclic) bond motifs is 10. The molecule has 4 aliphatic heterocycles. The number of benzene rings is 5. The average molecular weight is 823 g/mol. The Morgan fingerprint density at radius 3 is 1.00 bits per heavy atom. The number of hydrogen-bond donors (Lipinski definition) is 2. The van der Waals surface area contributed by atoms with Crippen LogP contribution in [0.15, 0.2) is 96.6 Å². The molecule has 6 aromatic rings. The zero-order valence-corrected chi connectivity index (χ0v) is 38.3. The molecule has 2 N–H and O–H groups in total. The van der Waals surface area contributed by atoms with E-state index in [9.17, 15) is 0 Å². The number of anilines is 6. The molecule has 0 saturated carbocycles. The third-order valence-electron chi connectivity index (χ3n) is 12.8. The summed E-state index contributed by atoms with van der Waals surface area (Å²) in [6, 6.07) is 26.6. The lowest BCUT2D eigenvalue weighted by Crippen LogP contribution is -2.30. The number of hydrogen-bond acceptors (Lipinski definition) is 8. The second-order valence-corrected chi connectivity index (χ2v) is 21.4. The van der Waals surface area contributed by atoms with E-state index in [0.717, 1.165) is 90.7 Å². The summed E-state index contributed by atoms with van der Waals surface area (Å²) >= 11 is 0. The van der Waals surface area contributed by atoms with Gasteiger partial charge in [-0.1, -0.05) is 107 Å². The Balaban J connectivity index is 1.12. The maximum Gasteiger partial charge on any atom is 0.151 e. The number of aromatic nitrogens is 2. The number of nitrogens with one attached hydrogen (secondary N) is 2. The summed E-state index contributed by atoms with van der Waals surface area (Å²) in [7, 11) is 0. The van der Waals surface area contributed by atoms with E-state index in [1.54, 1.807) is 12.4 Å². The van der Waals surface area contributed by atoms with Crippen molar-refractivity contribution >= 4 is 57.3 Å². The fourth-order valence-electron chi connectivity index (χ4n) is 9.07. The van der Waals surface area contributed by atoms with Gasteiger partial charge in [-0.15, -0.1) is 0 Å². The van der Waals surface area contributed by atoms with Gasteiger partial charge in [-0.3, -0.25) is 9.97 Å². The van der Waals surface area contributed by atoms with Crippen molar-refractivity contribution in [2.24, 2.45) is 0 Å². The second-order valence-electron chi connectivity index (χ2n) is 21.4. The molecule has 0 aliphatic carbocycles. The van der Waals surface area contributed by atoms with Crippen molar-refractivity contribution in [2.75, 3.05) is 33.5 Å². The van der Waals surface area contributed by atoms with Crippen LogP contribution in [0.1, 0.15) is 116 Å². The molecule has 8 nitrogen and oxygen atoms in total. The maximum absolute atomic E-state index is 6.79. The fourth-order valence-corrected chi connectivity index (χ4v) is 9.07. The van der Waals surface area contributed by atoms with E-state index in [1.165, 1.54) is 22.3 Å². The zero-order valence-electron chi connectivity index (χ0n) is 38.3. The van der Waals surface area contributed by atoms with E-state index in [2.05, 4.69) is 188 Å². The summed E-state index contributed by atoms with van der Waals surface area (Å²) in [6.07, 6.45) is 8.19. The minimum absolute atomic E-state index is 0.0283. The van der Waals surface area contributed by atoms with Crippen molar-refractivity contribution in [3.05, 3.63) is 130 Å². The van der Waals surface area contributed by atoms with Gasteiger partial charge in [0.25, 0.3) is 0 Å². The summed E-state index contributed by atoms with van der Waals surface area (Å²) < 4.78 is 13.6. The van der Waals surface area contributed by atoms with Gasteiger partial charge in [0, 0.05) is 34.9 Å². The summed E-state index contributed by atoms with van der Waals surface area (Å²) in [4.78, 5) is 14.8. The Morgan fingerprint density at radius 2 is 0.726 bits per heavy atom.